The zero-order chi connectivity index (χ0) is 20.5. The van der Waals surface area contributed by atoms with Crippen LogP contribution in [0.3, 0.4) is 0 Å². The van der Waals surface area contributed by atoms with Crippen molar-refractivity contribution in [3.8, 4) is 0 Å². The zero-order valence-corrected chi connectivity index (χ0v) is 19.8. The van der Waals surface area contributed by atoms with E-state index in [0.29, 0.717) is 0 Å². The highest BCUT2D eigenvalue weighted by molar-refractivity contribution is 8.14. The highest BCUT2D eigenvalue weighted by atomic mass is 32.2. The van der Waals surface area contributed by atoms with Crippen molar-refractivity contribution in [3.05, 3.63) is 100 Å². The summed E-state index contributed by atoms with van der Waals surface area (Å²) in [5.74, 6) is 0. The van der Waals surface area contributed by atoms with Gasteiger partial charge in [-0.3, -0.25) is 0 Å². The van der Waals surface area contributed by atoms with Gasteiger partial charge in [0.25, 0.3) is 0 Å². The molecule has 0 nitrogen and oxygen atoms in total. The maximum Gasteiger partial charge on any atom is 0.0618 e. The molecule has 1 saturated carbocycles. The van der Waals surface area contributed by atoms with Gasteiger partial charge in [0, 0.05) is 14.7 Å². The quantitative estimate of drug-likeness (QED) is 0.464. The van der Waals surface area contributed by atoms with Gasteiger partial charge in [-0.15, -0.1) is 36.2 Å². The Morgan fingerprint density at radius 3 is 1.90 bits per heavy atom. The summed E-state index contributed by atoms with van der Waals surface area (Å²) < 4.78 is 0.0727. The van der Waals surface area contributed by atoms with Gasteiger partial charge >= 0.3 is 0 Å². The molecule has 2 heterocycles. The van der Waals surface area contributed by atoms with Gasteiger partial charge in [0.15, 0.2) is 0 Å². The third kappa shape index (κ3) is 2.58. The zero-order valence-electron chi connectivity index (χ0n) is 17.2. The molecular formula is C27H24S3. The molecular weight excluding hydrogens is 420 g/mol. The molecule has 0 saturated heterocycles. The summed E-state index contributed by atoms with van der Waals surface area (Å²) in [6.07, 6.45) is 8.73. The molecule has 0 radical (unpaired) electrons. The Kier molecular flexibility index (Phi) is 4.29. The Hall–Kier alpha value is -1.55. The second-order valence-corrected chi connectivity index (χ2v) is 12.3. The number of thioether (sulfide) groups is 2. The van der Waals surface area contributed by atoms with E-state index in [0.717, 1.165) is 4.90 Å². The Balaban J connectivity index is 1.51. The van der Waals surface area contributed by atoms with Crippen LogP contribution in [0.2, 0.25) is 0 Å². The molecule has 4 aliphatic rings. The minimum Gasteiger partial charge on any atom is -0.143 e. The summed E-state index contributed by atoms with van der Waals surface area (Å²) in [6, 6.07) is 19.5. The average molecular weight is 445 g/mol. The lowest BCUT2D eigenvalue weighted by Crippen LogP contribution is -2.47. The van der Waals surface area contributed by atoms with Crippen LogP contribution in [-0.2, 0) is 0 Å². The first-order valence-corrected chi connectivity index (χ1v) is 12.7. The highest BCUT2D eigenvalue weighted by Gasteiger charge is 2.59. The van der Waals surface area contributed by atoms with Crippen LogP contribution < -0.4 is 0 Å². The van der Waals surface area contributed by atoms with Crippen LogP contribution in [0.4, 0.5) is 0 Å². The van der Waals surface area contributed by atoms with Gasteiger partial charge in [-0.2, -0.15) is 0 Å². The van der Waals surface area contributed by atoms with Gasteiger partial charge in [-0.1, -0.05) is 42.5 Å². The molecule has 6 rings (SSSR count). The third-order valence-electron chi connectivity index (χ3n) is 7.17. The van der Waals surface area contributed by atoms with Gasteiger partial charge in [0.2, 0.25) is 0 Å². The fourth-order valence-corrected chi connectivity index (χ4v) is 8.89. The smallest absolute Gasteiger partial charge is 0.0618 e. The summed E-state index contributed by atoms with van der Waals surface area (Å²) in [4.78, 5) is 3.83. The minimum absolute atomic E-state index is 0.0329. The topological polar surface area (TPSA) is 0 Å². The number of benzene rings is 2. The van der Waals surface area contributed by atoms with E-state index in [1.165, 1.54) is 40.2 Å². The second kappa shape index (κ2) is 6.72. The molecule has 0 amide bonds. The van der Waals surface area contributed by atoms with Crippen molar-refractivity contribution in [2.75, 3.05) is 0 Å². The van der Waals surface area contributed by atoms with Crippen LogP contribution in [0.15, 0.2) is 93.9 Å². The molecule has 2 aromatic carbocycles. The molecule has 2 aliphatic carbocycles. The maximum atomic E-state index is 4.59. The Bertz CT molecular complexity index is 1200. The van der Waals surface area contributed by atoms with Crippen molar-refractivity contribution in [1.82, 2.24) is 0 Å². The van der Waals surface area contributed by atoms with Crippen molar-refractivity contribution in [1.29, 1.82) is 0 Å². The van der Waals surface area contributed by atoms with Crippen LogP contribution in [0, 0.1) is 0 Å². The Labute approximate surface area is 193 Å². The molecule has 150 valence electrons. The van der Waals surface area contributed by atoms with E-state index in [-0.39, 0.29) is 9.49 Å². The van der Waals surface area contributed by atoms with E-state index in [9.17, 15) is 0 Å². The van der Waals surface area contributed by atoms with Crippen LogP contribution in [0.1, 0.15) is 44.2 Å². The Morgan fingerprint density at radius 1 is 0.733 bits per heavy atom. The van der Waals surface area contributed by atoms with E-state index < -0.39 is 0 Å². The van der Waals surface area contributed by atoms with E-state index in [1.54, 1.807) is 22.3 Å². The van der Waals surface area contributed by atoms with Crippen LogP contribution in [0.5, 0.6) is 0 Å². The average Bonchev–Trinajstić information content (AvgIpc) is 3.44. The summed E-state index contributed by atoms with van der Waals surface area (Å²) in [6.45, 7) is 4.97. The lowest BCUT2D eigenvalue weighted by atomic mass is 9.72. The molecule has 1 fully saturated rings. The summed E-state index contributed by atoms with van der Waals surface area (Å²) in [5.41, 5.74) is 9.04. The van der Waals surface area contributed by atoms with Crippen molar-refractivity contribution in [2.24, 2.45) is 0 Å². The number of thiol groups is 1. The molecule has 2 atom stereocenters. The largest absolute Gasteiger partial charge is 0.143 e. The predicted octanol–water partition coefficient (Wildman–Crippen LogP) is 8.16. The van der Waals surface area contributed by atoms with Gasteiger partial charge < -0.3 is 0 Å². The molecule has 0 bridgehead atoms. The molecule has 3 heteroatoms. The van der Waals surface area contributed by atoms with Crippen molar-refractivity contribution >= 4 is 46.0 Å². The van der Waals surface area contributed by atoms with Crippen LogP contribution in [0.25, 0.3) is 9.81 Å². The number of hydrogen-bond donors (Lipinski definition) is 1. The number of allylic oxidation sites excluding steroid dienone is 4. The van der Waals surface area contributed by atoms with Crippen molar-refractivity contribution in [2.45, 2.75) is 47.5 Å². The van der Waals surface area contributed by atoms with Crippen molar-refractivity contribution < 1.29 is 0 Å². The van der Waals surface area contributed by atoms with E-state index in [4.69, 9.17) is 0 Å². The van der Waals surface area contributed by atoms with Crippen LogP contribution in [-0.4, -0.2) is 9.49 Å². The highest BCUT2D eigenvalue weighted by Crippen LogP contribution is 2.70. The monoisotopic (exact) mass is 444 g/mol. The number of rotatable bonds is 2. The van der Waals surface area contributed by atoms with E-state index in [1.807, 2.05) is 0 Å². The molecule has 2 aliphatic heterocycles. The molecule has 0 unspecified atom stereocenters. The first kappa shape index (κ1) is 19.2. The normalized spacial score (nSPS) is 29.6. The summed E-state index contributed by atoms with van der Waals surface area (Å²) >= 11 is 8.73. The van der Waals surface area contributed by atoms with Gasteiger partial charge in [0.05, 0.1) is 9.49 Å². The summed E-state index contributed by atoms with van der Waals surface area (Å²) in [5, 5.41) is 0. The maximum absolute atomic E-state index is 4.59. The Morgan fingerprint density at radius 2 is 1.30 bits per heavy atom. The molecule has 0 N–H and O–H groups in total. The van der Waals surface area contributed by atoms with Gasteiger partial charge in [-0.25, -0.2) is 0 Å². The SMILES string of the molecule is C[C@@]12SC(c3ccccc3)=CC1=C1CCCC1=C1C=C(c3cccc(S)c3)S[C@]12C. The third-order valence-corrected chi connectivity index (χ3v) is 10.8. The molecule has 0 aromatic heterocycles. The fraction of sp³-hybridized carbons (Fsp3) is 0.259. The van der Waals surface area contributed by atoms with Gasteiger partial charge in [-0.05, 0) is 90.8 Å². The van der Waals surface area contributed by atoms with E-state index >= 15 is 0 Å². The molecule has 0 spiro atoms. The van der Waals surface area contributed by atoms with E-state index in [2.05, 4.69) is 117 Å². The minimum atomic E-state index is 0.0329. The molecule has 2 aromatic rings. The summed E-state index contributed by atoms with van der Waals surface area (Å²) in [7, 11) is 0. The number of hydrogen-bond acceptors (Lipinski definition) is 3. The molecule has 30 heavy (non-hydrogen) atoms. The van der Waals surface area contributed by atoms with Gasteiger partial charge in [0.1, 0.15) is 0 Å². The lowest BCUT2D eigenvalue weighted by molar-refractivity contribution is 0.607. The predicted molar refractivity (Wildman–Crippen MR) is 136 cm³/mol. The standard InChI is InChI=1S/C27H24S3/c1-26-22(15-24(29-26)17-8-4-3-5-9-17)20-12-7-13-21(20)23-16-25(30-27(23,26)2)18-10-6-11-19(28)14-18/h3-6,8-11,14-16,28H,7,12-13H2,1-2H3/t26-,27-/m1/s1. The van der Waals surface area contributed by atoms with Crippen molar-refractivity contribution in [3.63, 3.8) is 0 Å². The second-order valence-electron chi connectivity index (χ2n) is 8.84. The lowest BCUT2D eigenvalue weighted by Gasteiger charge is -2.47. The van der Waals surface area contributed by atoms with Crippen LogP contribution >= 0.6 is 36.2 Å². The number of fused-ring (bicyclic) bond motifs is 4. The fourth-order valence-electron chi connectivity index (χ4n) is 5.49. The first-order chi connectivity index (χ1) is 14.5. The first-order valence-electron chi connectivity index (χ1n) is 10.6.